The van der Waals surface area contributed by atoms with E-state index in [4.69, 9.17) is 17.3 Å². The molecule has 0 bridgehead atoms. The second-order valence-corrected chi connectivity index (χ2v) is 6.04. The highest BCUT2D eigenvalue weighted by atomic mass is 35.5. The number of anilines is 1. The average Bonchev–Trinajstić information content (AvgIpc) is 2.54. The molecule has 6 heteroatoms. The summed E-state index contributed by atoms with van der Waals surface area (Å²) >= 11 is 6.16. The average molecular weight is 327 g/mol. The van der Waals surface area contributed by atoms with Gasteiger partial charge < -0.3 is 10.6 Å². The second-order valence-electron chi connectivity index (χ2n) is 5.60. The van der Waals surface area contributed by atoms with Crippen LogP contribution in [-0.4, -0.2) is 22.3 Å². The third-order valence-corrected chi connectivity index (χ3v) is 4.42. The van der Waals surface area contributed by atoms with Crippen LogP contribution < -0.4 is 16.3 Å². The molecule has 1 aromatic heterocycles. The van der Waals surface area contributed by atoms with E-state index in [0.717, 1.165) is 29.6 Å². The van der Waals surface area contributed by atoms with Gasteiger partial charge in [0.2, 0.25) is 0 Å². The molecular formula is C17H15ClN4O. The first-order chi connectivity index (χ1) is 11.1. The molecule has 1 aliphatic heterocycles. The highest BCUT2D eigenvalue weighted by Crippen LogP contribution is 2.30. The van der Waals surface area contributed by atoms with Crippen molar-refractivity contribution in [2.24, 2.45) is 5.73 Å². The first-order valence-electron chi connectivity index (χ1n) is 7.45. The summed E-state index contributed by atoms with van der Waals surface area (Å²) in [5.74, 6) is 0.632. The van der Waals surface area contributed by atoms with Gasteiger partial charge in [-0.05, 0) is 36.8 Å². The summed E-state index contributed by atoms with van der Waals surface area (Å²) in [4.78, 5) is 18.9. The van der Waals surface area contributed by atoms with Crippen molar-refractivity contribution in [2.45, 2.75) is 12.6 Å². The summed E-state index contributed by atoms with van der Waals surface area (Å²) in [7, 11) is 0. The smallest absolute Gasteiger partial charge is 0.340 e. The number of fused-ring (bicyclic) bond motifs is 1. The maximum Gasteiger partial charge on any atom is 0.354 e. The van der Waals surface area contributed by atoms with Gasteiger partial charge in [-0.25, -0.2) is 4.79 Å². The third-order valence-electron chi connectivity index (χ3n) is 4.19. The van der Waals surface area contributed by atoms with Gasteiger partial charge in [-0.1, -0.05) is 29.8 Å². The van der Waals surface area contributed by atoms with Gasteiger partial charge in [-0.3, -0.25) is 4.57 Å². The standard InChI is InChI=1S/C17H15ClN4O/c18-11-6-7-13-14(10-11)22(12-4-2-1-3-5-12)17(23)20-16(13)21-9-8-15(21)19/h1-7,10,15H,8-9,19H2. The molecule has 4 rings (SSSR count). The van der Waals surface area contributed by atoms with Crippen molar-refractivity contribution >= 4 is 28.3 Å². The Labute approximate surface area is 137 Å². The predicted molar refractivity (Wildman–Crippen MR) is 92.3 cm³/mol. The molecule has 0 saturated carbocycles. The van der Waals surface area contributed by atoms with E-state index in [9.17, 15) is 4.79 Å². The Balaban J connectivity index is 2.05. The Morgan fingerprint density at radius 3 is 2.61 bits per heavy atom. The van der Waals surface area contributed by atoms with Crippen LogP contribution in [0.15, 0.2) is 53.3 Å². The lowest BCUT2D eigenvalue weighted by atomic mass is 10.1. The van der Waals surface area contributed by atoms with Crippen LogP contribution in [0.1, 0.15) is 6.42 Å². The molecule has 23 heavy (non-hydrogen) atoms. The predicted octanol–water partition coefficient (Wildman–Crippen LogP) is 2.53. The van der Waals surface area contributed by atoms with E-state index in [0.29, 0.717) is 10.8 Å². The highest BCUT2D eigenvalue weighted by molar-refractivity contribution is 6.31. The summed E-state index contributed by atoms with van der Waals surface area (Å²) < 4.78 is 1.58. The third kappa shape index (κ3) is 2.29. The lowest BCUT2D eigenvalue weighted by molar-refractivity contribution is 0.458. The van der Waals surface area contributed by atoms with Crippen LogP contribution in [0.5, 0.6) is 0 Å². The Bertz CT molecular complexity index is 938. The van der Waals surface area contributed by atoms with Gasteiger partial charge in [0.05, 0.1) is 17.4 Å². The Morgan fingerprint density at radius 1 is 1.17 bits per heavy atom. The van der Waals surface area contributed by atoms with Crippen LogP contribution in [0.2, 0.25) is 5.02 Å². The molecule has 1 fully saturated rings. The zero-order chi connectivity index (χ0) is 16.0. The van der Waals surface area contributed by atoms with E-state index in [2.05, 4.69) is 4.98 Å². The maximum absolute atomic E-state index is 12.7. The first-order valence-corrected chi connectivity index (χ1v) is 7.83. The Morgan fingerprint density at radius 2 is 1.96 bits per heavy atom. The Hall–Kier alpha value is -2.37. The number of halogens is 1. The second kappa shape index (κ2) is 5.37. The van der Waals surface area contributed by atoms with Gasteiger partial charge in [0.25, 0.3) is 0 Å². The van der Waals surface area contributed by atoms with E-state index in [1.165, 1.54) is 0 Å². The van der Waals surface area contributed by atoms with Gasteiger partial charge in [0, 0.05) is 17.0 Å². The van der Waals surface area contributed by atoms with E-state index in [-0.39, 0.29) is 11.9 Å². The molecule has 1 saturated heterocycles. The number of nitrogens with zero attached hydrogens (tertiary/aromatic N) is 3. The van der Waals surface area contributed by atoms with Crippen LogP contribution in [0, 0.1) is 0 Å². The van der Waals surface area contributed by atoms with Crippen molar-refractivity contribution in [2.75, 3.05) is 11.4 Å². The maximum atomic E-state index is 12.7. The highest BCUT2D eigenvalue weighted by Gasteiger charge is 2.28. The van der Waals surface area contributed by atoms with Crippen LogP contribution in [0.3, 0.4) is 0 Å². The van der Waals surface area contributed by atoms with Gasteiger partial charge in [0.15, 0.2) is 0 Å². The fourth-order valence-corrected chi connectivity index (χ4v) is 3.06. The first kappa shape index (κ1) is 14.2. The van der Waals surface area contributed by atoms with Crippen molar-refractivity contribution in [1.29, 1.82) is 0 Å². The quantitative estimate of drug-likeness (QED) is 0.786. The summed E-state index contributed by atoms with van der Waals surface area (Å²) in [6.07, 6.45) is 0.812. The van der Waals surface area contributed by atoms with Gasteiger partial charge in [-0.15, -0.1) is 0 Å². The molecule has 0 aliphatic carbocycles. The lowest BCUT2D eigenvalue weighted by Gasteiger charge is -2.39. The monoisotopic (exact) mass is 326 g/mol. The number of para-hydroxylation sites is 1. The van der Waals surface area contributed by atoms with E-state index < -0.39 is 0 Å². The zero-order valence-electron chi connectivity index (χ0n) is 12.3. The summed E-state index contributed by atoms with van der Waals surface area (Å²) in [5, 5.41) is 1.44. The summed E-state index contributed by atoms with van der Waals surface area (Å²) in [6.45, 7) is 0.806. The summed E-state index contributed by atoms with van der Waals surface area (Å²) in [5.41, 5.74) is 7.19. The molecule has 2 aromatic carbocycles. The molecule has 2 N–H and O–H groups in total. The Kier molecular flexibility index (Phi) is 3.32. The van der Waals surface area contributed by atoms with Crippen LogP contribution in [0.4, 0.5) is 5.82 Å². The molecule has 0 radical (unpaired) electrons. The van der Waals surface area contributed by atoms with Crippen molar-refractivity contribution in [3.63, 3.8) is 0 Å². The number of rotatable bonds is 2. The largest absolute Gasteiger partial charge is 0.354 e. The minimum absolute atomic E-state index is 0.0895. The minimum Gasteiger partial charge on any atom is -0.340 e. The molecule has 116 valence electrons. The van der Waals surface area contributed by atoms with E-state index >= 15 is 0 Å². The van der Waals surface area contributed by atoms with Gasteiger partial charge in [0.1, 0.15) is 5.82 Å². The van der Waals surface area contributed by atoms with E-state index in [1.807, 2.05) is 41.3 Å². The molecule has 1 aliphatic rings. The van der Waals surface area contributed by atoms with Crippen LogP contribution >= 0.6 is 11.6 Å². The van der Waals surface area contributed by atoms with E-state index in [1.54, 1.807) is 16.7 Å². The molecule has 1 atom stereocenters. The molecule has 5 nitrogen and oxygen atoms in total. The van der Waals surface area contributed by atoms with Crippen molar-refractivity contribution < 1.29 is 0 Å². The van der Waals surface area contributed by atoms with Crippen molar-refractivity contribution in [1.82, 2.24) is 9.55 Å². The van der Waals surface area contributed by atoms with Crippen LogP contribution in [0.25, 0.3) is 16.6 Å². The number of hydrogen-bond donors (Lipinski definition) is 1. The molecular weight excluding hydrogens is 312 g/mol. The number of hydrogen-bond acceptors (Lipinski definition) is 4. The molecule has 0 spiro atoms. The van der Waals surface area contributed by atoms with Crippen LogP contribution in [-0.2, 0) is 0 Å². The van der Waals surface area contributed by atoms with Gasteiger partial charge in [-0.2, -0.15) is 4.98 Å². The number of aromatic nitrogens is 2. The molecule has 3 aromatic rings. The lowest BCUT2D eigenvalue weighted by Crippen LogP contribution is -2.54. The van der Waals surface area contributed by atoms with Crippen molar-refractivity contribution in [3.05, 3.63) is 64.0 Å². The zero-order valence-corrected chi connectivity index (χ0v) is 13.1. The normalized spacial score (nSPS) is 17.3. The molecule has 1 unspecified atom stereocenters. The topological polar surface area (TPSA) is 64.2 Å². The fourth-order valence-electron chi connectivity index (χ4n) is 2.90. The molecule has 2 heterocycles. The van der Waals surface area contributed by atoms with Crippen molar-refractivity contribution in [3.8, 4) is 5.69 Å². The number of nitrogens with two attached hydrogens (primary N) is 1. The minimum atomic E-state index is -0.333. The molecule has 0 amide bonds. The summed E-state index contributed by atoms with van der Waals surface area (Å²) in [6, 6.07) is 14.9. The SMILES string of the molecule is NC1CCN1c1nc(=O)n(-c2ccccc2)c2cc(Cl)ccc12. The number of benzene rings is 2. The fraction of sp³-hybridized carbons (Fsp3) is 0.176. The van der Waals surface area contributed by atoms with Gasteiger partial charge >= 0.3 is 5.69 Å².